The van der Waals surface area contributed by atoms with Gasteiger partial charge in [0.15, 0.2) is 5.69 Å². The molecule has 0 spiro atoms. The average molecular weight is 284 g/mol. The smallest absolute Gasteiger partial charge is 0.186 e. The van der Waals surface area contributed by atoms with Gasteiger partial charge < -0.3 is 4.74 Å². The van der Waals surface area contributed by atoms with Crippen LogP contribution in [0.25, 0.3) is 0 Å². The zero-order chi connectivity index (χ0) is 15.5. The van der Waals surface area contributed by atoms with Gasteiger partial charge in [0.25, 0.3) is 0 Å². The highest BCUT2D eigenvalue weighted by atomic mass is 16.5. The highest BCUT2D eigenvalue weighted by Gasteiger charge is 2.25. The van der Waals surface area contributed by atoms with Crippen molar-refractivity contribution in [2.24, 2.45) is 0 Å². The zero-order valence-electron chi connectivity index (χ0n) is 12.9. The van der Waals surface area contributed by atoms with Gasteiger partial charge in [0.05, 0.1) is 12.2 Å². The molecule has 21 heavy (non-hydrogen) atoms. The highest BCUT2D eigenvalue weighted by Crippen LogP contribution is 2.24. The molecular formula is C16H20N4O. The molecule has 0 saturated heterocycles. The summed E-state index contributed by atoms with van der Waals surface area (Å²) in [6.07, 6.45) is 0. The fourth-order valence-corrected chi connectivity index (χ4v) is 2.24. The van der Waals surface area contributed by atoms with E-state index in [0.717, 1.165) is 17.0 Å². The summed E-state index contributed by atoms with van der Waals surface area (Å²) in [6.45, 7) is 9.22. The Morgan fingerprint density at radius 1 is 1.33 bits per heavy atom. The van der Waals surface area contributed by atoms with Crippen molar-refractivity contribution in [1.82, 2.24) is 15.0 Å². The minimum atomic E-state index is -0.183. The van der Waals surface area contributed by atoms with Crippen LogP contribution in [0.1, 0.15) is 37.7 Å². The van der Waals surface area contributed by atoms with Crippen molar-refractivity contribution in [1.29, 1.82) is 5.26 Å². The van der Waals surface area contributed by atoms with Crippen molar-refractivity contribution in [3.8, 4) is 11.8 Å². The van der Waals surface area contributed by atoms with Gasteiger partial charge in [-0.15, -0.1) is 5.10 Å². The fraction of sp³-hybridized carbons (Fsp3) is 0.438. The molecule has 1 heterocycles. The largest absolute Gasteiger partial charge is 0.492 e. The van der Waals surface area contributed by atoms with Gasteiger partial charge in [0, 0.05) is 5.41 Å². The lowest BCUT2D eigenvalue weighted by Crippen LogP contribution is -2.22. The van der Waals surface area contributed by atoms with Crippen molar-refractivity contribution in [3.63, 3.8) is 0 Å². The molecule has 110 valence electrons. The first-order chi connectivity index (χ1) is 9.91. The van der Waals surface area contributed by atoms with Crippen LogP contribution in [0.4, 0.5) is 0 Å². The summed E-state index contributed by atoms with van der Waals surface area (Å²) in [7, 11) is 0. The summed E-state index contributed by atoms with van der Waals surface area (Å²) in [5, 5.41) is 17.1. The molecule has 2 rings (SSSR count). The van der Waals surface area contributed by atoms with Crippen LogP contribution in [-0.2, 0) is 12.0 Å². The Bertz CT molecular complexity index is 662. The molecule has 0 amide bonds. The average Bonchev–Trinajstić information content (AvgIpc) is 2.82. The van der Waals surface area contributed by atoms with Gasteiger partial charge in [-0.1, -0.05) is 38.1 Å². The third kappa shape index (κ3) is 3.60. The minimum Gasteiger partial charge on any atom is -0.492 e. The summed E-state index contributed by atoms with van der Waals surface area (Å²) >= 11 is 0. The van der Waals surface area contributed by atoms with Crippen molar-refractivity contribution in [2.75, 3.05) is 6.61 Å². The monoisotopic (exact) mass is 284 g/mol. The van der Waals surface area contributed by atoms with E-state index in [-0.39, 0.29) is 5.41 Å². The van der Waals surface area contributed by atoms with Gasteiger partial charge in [0.1, 0.15) is 18.4 Å². The van der Waals surface area contributed by atoms with Crippen molar-refractivity contribution in [3.05, 3.63) is 41.2 Å². The maximum absolute atomic E-state index is 9.13. The van der Waals surface area contributed by atoms with Gasteiger partial charge >= 0.3 is 0 Å². The molecule has 0 aliphatic carbocycles. The van der Waals surface area contributed by atoms with E-state index in [4.69, 9.17) is 10.00 Å². The molecule has 0 fully saturated rings. The number of nitrogens with zero attached hydrogens (tertiary/aromatic N) is 4. The number of rotatable bonds is 4. The Hall–Kier alpha value is -2.35. The summed E-state index contributed by atoms with van der Waals surface area (Å²) in [4.78, 5) is 0. The molecule has 0 aliphatic rings. The zero-order valence-corrected chi connectivity index (χ0v) is 12.9. The summed E-state index contributed by atoms with van der Waals surface area (Å²) in [5.41, 5.74) is 2.21. The maximum atomic E-state index is 9.13. The second-order valence-electron chi connectivity index (χ2n) is 6.04. The van der Waals surface area contributed by atoms with E-state index in [0.29, 0.717) is 18.8 Å². The number of hydrogen-bond donors (Lipinski definition) is 0. The first kappa shape index (κ1) is 15.0. The Labute approximate surface area is 125 Å². The van der Waals surface area contributed by atoms with Gasteiger partial charge in [-0.05, 0) is 24.6 Å². The number of benzene rings is 1. The van der Waals surface area contributed by atoms with Crippen molar-refractivity contribution < 1.29 is 4.74 Å². The Kier molecular flexibility index (Phi) is 4.27. The molecule has 0 saturated carbocycles. The number of ether oxygens (including phenoxy) is 1. The Morgan fingerprint density at radius 3 is 2.71 bits per heavy atom. The predicted octanol–water partition coefficient (Wildman–Crippen LogP) is 2.83. The third-order valence-corrected chi connectivity index (χ3v) is 3.11. The van der Waals surface area contributed by atoms with E-state index in [2.05, 4.69) is 16.4 Å². The molecule has 0 atom stereocenters. The van der Waals surface area contributed by atoms with Gasteiger partial charge in [-0.2, -0.15) is 5.26 Å². The van der Waals surface area contributed by atoms with Crippen LogP contribution < -0.4 is 4.74 Å². The molecule has 0 N–H and O–H groups in total. The molecule has 0 aliphatic heterocycles. The van der Waals surface area contributed by atoms with Crippen LogP contribution in [0.3, 0.4) is 0 Å². The van der Waals surface area contributed by atoms with E-state index >= 15 is 0 Å². The van der Waals surface area contributed by atoms with Crippen molar-refractivity contribution in [2.45, 2.75) is 39.7 Å². The molecule has 0 unspecified atom stereocenters. The topological polar surface area (TPSA) is 63.7 Å². The lowest BCUT2D eigenvalue weighted by Gasteiger charge is -2.19. The number of aromatic nitrogens is 3. The lowest BCUT2D eigenvalue weighted by atomic mass is 9.90. The molecule has 0 radical (unpaired) electrons. The van der Waals surface area contributed by atoms with Gasteiger partial charge in [0.2, 0.25) is 0 Å². The quantitative estimate of drug-likeness (QED) is 0.866. The van der Waals surface area contributed by atoms with Crippen LogP contribution >= 0.6 is 0 Å². The molecule has 5 nitrogen and oxygen atoms in total. The van der Waals surface area contributed by atoms with E-state index in [9.17, 15) is 0 Å². The van der Waals surface area contributed by atoms with E-state index < -0.39 is 0 Å². The summed E-state index contributed by atoms with van der Waals surface area (Å²) < 4.78 is 7.49. The molecule has 1 aromatic heterocycles. The molecule has 0 bridgehead atoms. The van der Waals surface area contributed by atoms with E-state index in [1.807, 2.05) is 52.0 Å². The lowest BCUT2D eigenvalue weighted by molar-refractivity contribution is 0.283. The number of hydrogen-bond acceptors (Lipinski definition) is 4. The second-order valence-corrected chi connectivity index (χ2v) is 6.04. The molecule has 1 aromatic carbocycles. The number of aryl methyl sites for hydroxylation is 1. The Morgan fingerprint density at radius 2 is 2.10 bits per heavy atom. The molecular weight excluding hydrogens is 264 g/mol. The standard InChI is InChI=1S/C16H20N4O/c1-12-6-5-7-13(10-12)21-9-8-20-15(16(2,3)4)14(11-17)18-19-20/h5-7,10H,8-9H2,1-4H3. The minimum absolute atomic E-state index is 0.183. The second kappa shape index (κ2) is 5.96. The van der Waals surface area contributed by atoms with E-state index in [1.54, 1.807) is 4.68 Å². The SMILES string of the molecule is Cc1cccc(OCCn2nnc(C#N)c2C(C)(C)C)c1. The Balaban J connectivity index is 2.08. The number of nitriles is 1. The summed E-state index contributed by atoms with van der Waals surface area (Å²) in [5.74, 6) is 0.841. The first-order valence-corrected chi connectivity index (χ1v) is 6.95. The summed E-state index contributed by atoms with van der Waals surface area (Å²) in [6, 6.07) is 10.0. The van der Waals surface area contributed by atoms with E-state index in [1.165, 1.54) is 0 Å². The fourth-order valence-electron chi connectivity index (χ4n) is 2.24. The van der Waals surface area contributed by atoms with Crippen LogP contribution in [0.5, 0.6) is 5.75 Å². The van der Waals surface area contributed by atoms with Crippen LogP contribution in [-0.4, -0.2) is 21.6 Å². The predicted molar refractivity (Wildman–Crippen MR) is 80.1 cm³/mol. The first-order valence-electron chi connectivity index (χ1n) is 6.95. The van der Waals surface area contributed by atoms with Gasteiger partial charge in [-0.25, -0.2) is 4.68 Å². The molecule has 5 heteroatoms. The van der Waals surface area contributed by atoms with Gasteiger partial charge in [-0.3, -0.25) is 0 Å². The van der Waals surface area contributed by atoms with Crippen LogP contribution in [0.15, 0.2) is 24.3 Å². The van der Waals surface area contributed by atoms with Crippen LogP contribution in [0, 0.1) is 18.3 Å². The van der Waals surface area contributed by atoms with Crippen LogP contribution in [0.2, 0.25) is 0 Å². The maximum Gasteiger partial charge on any atom is 0.186 e. The van der Waals surface area contributed by atoms with Crippen molar-refractivity contribution >= 4 is 0 Å². The third-order valence-electron chi connectivity index (χ3n) is 3.11. The normalized spacial score (nSPS) is 11.2. The highest BCUT2D eigenvalue weighted by molar-refractivity contribution is 5.30. The molecule has 2 aromatic rings.